The number of hydrogen-bond acceptors (Lipinski definition) is 5. The van der Waals surface area contributed by atoms with Crippen LogP contribution >= 0.6 is 7.82 Å². The van der Waals surface area contributed by atoms with Crippen LogP contribution < -0.4 is 5.32 Å². The van der Waals surface area contributed by atoms with E-state index in [1.807, 2.05) is 27.2 Å². The van der Waals surface area contributed by atoms with Gasteiger partial charge in [0.05, 0.1) is 39.9 Å². The predicted octanol–water partition coefficient (Wildman–Crippen LogP) is 17.8. The van der Waals surface area contributed by atoms with Crippen molar-refractivity contribution < 1.29 is 32.9 Å². The predicted molar refractivity (Wildman–Crippen MR) is 313 cm³/mol. The first-order chi connectivity index (χ1) is 35.0. The largest absolute Gasteiger partial charge is 0.472 e. The highest BCUT2D eigenvalue weighted by Crippen LogP contribution is 2.43. The van der Waals surface area contributed by atoms with Gasteiger partial charge >= 0.3 is 7.82 Å². The lowest BCUT2D eigenvalue weighted by atomic mass is 10.0. The highest BCUT2D eigenvalue weighted by molar-refractivity contribution is 7.47. The molecule has 0 radical (unpaired) electrons. The quantitative estimate of drug-likeness (QED) is 0.0243. The first kappa shape index (κ1) is 68.9. The molecule has 0 rings (SSSR count). The van der Waals surface area contributed by atoms with E-state index in [1.54, 1.807) is 6.08 Å². The minimum atomic E-state index is -4.36. The summed E-state index contributed by atoms with van der Waals surface area (Å²) in [7, 11) is 1.54. The van der Waals surface area contributed by atoms with Crippen LogP contribution in [-0.2, 0) is 18.4 Å². The van der Waals surface area contributed by atoms with Gasteiger partial charge in [0.1, 0.15) is 13.2 Å². The van der Waals surface area contributed by atoms with Crippen molar-refractivity contribution in [2.24, 2.45) is 0 Å². The second-order valence-electron chi connectivity index (χ2n) is 20.3. The summed E-state index contributed by atoms with van der Waals surface area (Å²) in [6.45, 7) is 4.66. The molecule has 8 nitrogen and oxygen atoms in total. The lowest BCUT2D eigenvalue weighted by Gasteiger charge is -2.25. The third-order valence-corrected chi connectivity index (χ3v) is 13.1. The molecule has 9 heteroatoms. The number of aliphatic hydroxyl groups is 1. The molecule has 412 valence electrons. The summed E-state index contributed by atoms with van der Waals surface area (Å²) in [4.78, 5) is 23.3. The van der Waals surface area contributed by atoms with Crippen LogP contribution in [0.2, 0.25) is 0 Å². The van der Waals surface area contributed by atoms with Crippen molar-refractivity contribution in [2.75, 3.05) is 40.9 Å². The first-order valence-corrected chi connectivity index (χ1v) is 30.4. The Morgan fingerprint density at radius 3 is 1.28 bits per heavy atom. The van der Waals surface area contributed by atoms with E-state index in [-0.39, 0.29) is 19.1 Å². The Morgan fingerprint density at radius 2 is 0.847 bits per heavy atom. The van der Waals surface area contributed by atoms with Crippen LogP contribution in [0.15, 0.2) is 122 Å². The maximum Gasteiger partial charge on any atom is 0.472 e. The Balaban J connectivity index is 4.19. The molecule has 0 aliphatic rings. The fourth-order valence-electron chi connectivity index (χ4n) is 7.66. The number of nitrogens with one attached hydrogen (secondary N) is 1. The van der Waals surface area contributed by atoms with Crippen molar-refractivity contribution in [1.82, 2.24) is 5.32 Å². The number of carbonyl (C=O) groups excluding carboxylic acids is 1. The van der Waals surface area contributed by atoms with E-state index in [2.05, 4.69) is 129 Å². The number of rotatable bonds is 51. The summed E-state index contributed by atoms with van der Waals surface area (Å²) >= 11 is 0. The van der Waals surface area contributed by atoms with Gasteiger partial charge in [0.15, 0.2) is 0 Å². The van der Waals surface area contributed by atoms with Crippen molar-refractivity contribution in [3.63, 3.8) is 0 Å². The average molecular weight is 1020 g/mol. The van der Waals surface area contributed by atoms with E-state index in [1.165, 1.54) is 103 Å². The minimum absolute atomic E-state index is 0.0496. The fourth-order valence-corrected chi connectivity index (χ4v) is 8.40. The van der Waals surface area contributed by atoms with Gasteiger partial charge in [-0.2, -0.15) is 0 Å². The smallest absolute Gasteiger partial charge is 0.387 e. The number of nitrogens with zero attached hydrogens (tertiary/aromatic N) is 1. The van der Waals surface area contributed by atoms with E-state index in [9.17, 15) is 19.4 Å². The average Bonchev–Trinajstić information content (AvgIpc) is 3.34. The van der Waals surface area contributed by atoms with Gasteiger partial charge in [0.25, 0.3) is 0 Å². The van der Waals surface area contributed by atoms with Gasteiger partial charge in [0, 0.05) is 6.42 Å². The molecule has 0 heterocycles. The molecule has 0 spiro atoms. The Kier molecular flexibility index (Phi) is 50.5. The van der Waals surface area contributed by atoms with Crippen LogP contribution in [0.25, 0.3) is 0 Å². The Hall–Kier alpha value is -3.10. The molecule has 0 aromatic heterocycles. The standard InChI is InChI=1S/C63H109N2O6P/c1-6-8-10-12-14-16-18-20-22-23-24-25-26-27-28-29-30-31-32-33-34-35-36-37-38-39-40-41-43-45-47-49-51-53-55-57-63(67)64-61(60-71-72(68,69)70-59-58-65(3,4)5)62(66)56-54-52-50-48-46-44-42-21-19-17-15-13-11-9-7-2/h8,10,14,16,20,22,24-25,27-28,30-31,33-34,36-37,46,48,54,56,61-62,66H,6-7,9,11-13,15,17-19,21,23,26,29,32,35,38-45,47,49-53,55,57-60H2,1-5H3,(H-,64,67,68,69)/p+1/b10-8-,16-14-,22-20-,25-24-,28-27-,31-30-,34-33-,37-36-,48-46+,56-54+. The molecule has 0 saturated heterocycles. The SMILES string of the molecule is CC/C=C\C/C=C\C/C=C\C/C=C\C/C=C\C/C=C\C/C=C\C/C=C\CCCCCCCCCCCCC(=O)NC(COP(=O)(O)OCC[N+](C)(C)C)C(O)/C=C/CC/C=C/CCCCCCCCCCC. The second kappa shape index (κ2) is 52.8. The van der Waals surface area contributed by atoms with Crippen molar-refractivity contribution in [1.29, 1.82) is 0 Å². The van der Waals surface area contributed by atoms with E-state index in [4.69, 9.17) is 9.05 Å². The fraction of sp³-hybridized carbons (Fsp3) is 0.667. The maximum atomic E-state index is 13.0. The molecule has 3 atom stereocenters. The number of likely N-dealkylation sites (N-methyl/N-ethyl adjacent to an activating group) is 1. The van der Waals surface area contributed by atoms with Crippen LogP contribution in [0.3, 0.4) is 0 Å². The van der Waals surface area contributed by atoms with Crippen LogP contribution in [-0.4, -0.2) is 73.4 Å². The highest BCUT2D eigenvalue weighted by Gasteiger charge is 2.27. The normalized spacial score (nSPS) is 14.8. The second-order valence-corrected chi connectivity index (χ2v) is 21.7. The summed E-state index contributed by atoms with van der Waals surface area (Å²) in [5.74, 6) is -0.197. The molecule has 0 bridgehead atoms. The molecule has 3 unspecified atom stereocenters. The zero-order valence-corrected chi connectivity index (χ0v) is 47.8. The van der Waals surface area contributed by atoms with Gasteiger partial charge in [-0.15, -0.1) is 0 Å². The van der Waals surface area contributed by atoms with Gasteiger partial charge in [-0.25, -0.2) is 4.57 Å². The molecular formula is C63H110N2O6P+. The Bertz CT molecular complexity index is 1580. The van der Waals surface area contributed by atoms with Crippen molar-refractivity contribution >= 4 is 13.7 Å². The van der Waals surface area contributed by atoms with Gasteiger partial charge in [-0.05, 0) is 96.3 Å². The van der Waals surface area contributed by atoms with E-state index >= 15 is 0 Å². The van der Waals surface area contributed by atoms with Crippen LogP contribution in [0, 0.1) is 0 Å². The van der Waals surface area contributed by atoms with Crippen LogP contribution in [0.5, 0.6) is 0 Å². The number of amides is 1. The van der Waals surface area contributed by atoms with Gasteiger partial charge in [-0.1, -0.05) is 238 Å². The summed E-state index contributed by atoms with van der Waals surface area (Å²) in [6.07, 6.45) is 78.7. The third-order valence-electron chi connectivity index (χ3n) is 12.2. The van der Waals surface area contributed by atoms with E-state index in [0.29, 0.717) is 17.4 Å². The number of allylic oxidation sites excluding steroid dienone is 19. The first-order valence-electron chi connectivity index (χ1n) is 28.9. The molecule has 3 N–H and O–H groups in total. The summed E-state index contributed by atoms with van der Waals surface area (Å²) in [6, 6.07) is -0.873. The van der Waals surface area contributed by atoms with Gasteiger partial charge < -0.3 is 19.8 Å². The molecule has 72 heavy (non-hydrogen) atoms. The molecule has 0 fully saturated rings. The third kappa shape index (κ3) is 54.7. The van der Waals surface area contributed by atoms with Crippen LogP contribution in [0.1, 0.15) is 219 Å². The molecule has 1 amide bonds. The molecule has 0 aromatic carbocycles. The summed E-state index contributed by atoms with van der Waals surface area (Å²) in [5.41, 5.74) is 0. The number of hydrogen-bond donors (Lipinski definition) is 3. The van der Waals surface area contributed by atoms with Gasteiger partial charge in [-0.3, -0.25) is 13.8 Å². The number of phosphoric ester groups is 1. The Morgan fingerprint density at radius 1 is 0.486 bits per heavy atom. The lowest BCUT2D eigenvalue weighted by Crippen LogP contribution is -2.45. The maximum absolute atomic E-state index is 13.0. The zero-order chi connectivity index (χ0) is 52.7. The number of carbonyl (C=O) groups is 1. The molecule has 0 aliphatic heterocycles. The topological polar surface area (TPSA) is 105 Å². The number of unbranched alkanes of at least 4 members (excludes halogenated alkanes) is 20. The van der Waals surface area contributed by atoms with Crippen molar-refractivity contribution in [3.8, 4) is 0 Å². The van der Waals surface area contributed by atoms with Crippen molar-refractivity contribution in [3.05, 3.63) is 122 Å². The van der Waals surface area contributed by atoms with E-state index in [0.717, 1.165) is 96.3 Å². The Labute approximate surface area is 444 Å². The highest BCUT2D eigenvalue weighted by atomic mass is 31.2. The number of quaternary nitrogens is 1. The molecule has 0 aromatic rings. The molecular weight excluding hydrogens is 912 g/mol. The lowest BCUT2D eigenvalue weighted by molar-refractivity contribution is -0.870. The van der Waals surface area contributed by atoms with Crippen LogP contribution in [0.4, 0.5) is 0 Å². The molecule has 0 saturated carbocycles. The zero-order valence-electron chi connectivity index (χ0n) is 46.9. The van der Waals surface area contributed by atoms with Gasteiger partial charge in [0.2, 0.25) is 5.91 Å². The summed E-state index contributed by atoms with van der Waals surface area (Å²) < 4.78 is 23.7. The van der Waals surface area contributed by atoms with Crippen molar-refractivity contribution in [2.45, 2.75) is 231 Å². The number of phosphoric acid groups is 1. The molecule has 0 aliphatic carbocycles. The monoisotopic (exact) mass is 1020 g/mol. The number of aliphatic hydroxyl groups excluding tert-OH is 1. The minimum Gasteiger partial charge on any atom is -0.387 e. The van der Waals surface area contributed by atoms with E-state index < -0.39 is 20.0 Å². The summed E-state index contributed by atoms with van der Waals surface area (Å²) in [5, 5.41) is 13.9.